The van der Waals surface area contributed by atoms with Gasteiger partial charge in [-0.15, -0.1) is 0 Å². The summed E-state index contributed by atoms with van der Waals surface area (Å²) in [7, 11) is 0. The average Bonchev–Trinajstić information content (AvgIpc) is 3.14. The summed E-state index contributed by atoms with van der Waals surface area (Å²) in [6, 6.07) is 3.99. The fourth-order valence-corrected chi connectivity index (χ4v) is 3.35. The Labute approximate surface area is 161 Å². The predicted octanol–water partition coefficient (Wildman–Crippen LogP) is 2.33. The van der Waals surface area contributed by atoms with Crippen molar-refractivity contribution in [1.82, 2.24) is 14.9 Å². The number of rotatable bonds is 5. The first-order valence-corrected chi connectivity index (χ1v) is 8.82. The summed E-state index contributed by atoms with van der Waals surface area (Å²) in [6.45, 7) is 7.46. The predicted molar refractivity (Wildman–Crippen MR) is 101 cm³/mol. The number of likely N-dealkylation sites (tertiary alicyclic amines) is 1. The number of benzene rings is 1. The van der Waals surface area contributed by atoms with Gasteiger partial charge in [-0.25, -0.2) is 9.37 Å². The normalized spacial score (nSPS) is 16.4. The summed E-state index contributed by atoms with van der Waals surface area (Å²) in [4.78, 5) is 26.5. The van der Waals surface area contributed by atoms with Crippen LogP contribution in [0, 0.1) is 11.2 Å². The first-order valence-electron chi connectivity index (χ1n) is 8.82. The van der Waals surface area contributed by atoms with Gasteiger partial charge in [-0.2, -0.15) is 4.98 Å². The van der Waals surface area contributed by atoms with Gasteiger partial charge >= 0.3 is 0 Å². The van der Waals surface area contributed by atoms with E-state index in [-0.39, 0.29) is 11.3 Å². The molecule has 0 aliphatic carbocycles. The van der Waals surface area contributed by atoms with Crippen LogP contribution in [0.2, 0.25) is 0 Å². The number of phenolic OH excluding ortho intramolecular Hbond substituents is 1. The summed E-state index contributed by atoms with van der Waals surface area (Å²) in [5.41, 5.74) is 1.67. The number of carbonyl (C=O) groups is 1. The lowest BCUT2D eigenvalue weighted by Crippen LogP contribution is -2.59. The van der Waals surface area contributed by atoms with Crippen LogP contribution in [0.3, 0.4) is 0 Å². The van der Waals surface area contributed by atoms with E-state index < -0.39 is 11.6 Å². The van der Waals surface area contributed by atoms with Crippen molar-refractivity contribution in [3.63, 3.8) is 0 Å². The Morgan fingerprint density at radius 1 is 1.43 bits per heavy atom. The molecule has 3 heterocycles. The number of aromatic nitrogens is 2. The molecule has 144 valence electrons. The first-order chi connectivity index (χ1) is 13.4. The molecular weight excluding hydrogens is 363 g/mol. The van der Waals surface area contributed by atoms with E-state index in [0.717, 1.165) is 0 Å². The van der Waals surface area contributed by atoms with Gasteiger partial charge in [-0.05, 0) is 24.3 Å². The molecule has 8 heteroatoms. The van der Waals surface area contributed by atoms with Crippen LogP contribution in [0.1, 0.15) is 18.2 Å². The Bertz CT molecular complexity index is 999. The van der Waals surface area contributed by atoms with Crippen LogP contribution in [0.25, 0.3) is 11.4 Å². The molecule has 4 rings (SSSR count). The molecule has 0 atom stereocenters. The Balaban J connectivity index is 1.56. The maximum atomic E-state index is 13.7. The third kappa shape index (κ3) is 3.21. The summed E-state index contributed by atoms with van der Waals surface area (Å²) in [5.74, 6) is -0.579. The van der Waals surface area contributed by atoms with E-state index in [1.807, 2.05) is 6.92 Å². The van der Waals surface area contributed by atoms with Crippen molar-refractivity contribution < 1.29 is 19.0 Å². The van der Waals surface area contributed by atoms with Crippen molar-refractivity contribution >= 4 is 12.1 Å². The smallest absolute Gasteiger partial charge is 0.245 e. The second-order valence-electron chi connectivity index (χ2n) is 7.35. The molecule has 7 nitrogen and oxygen atoms in total. The van der Waals surface area contributed by atoms with Crippen LogP contribution >= 0.6 is 0 Å². The SMILES string of the molecule is C=CC(=O)N1CC(C)(COc2nc(-c3ccc(O)c(F)c3)nc3c2C=NC3)C1. The van der Waals surface area contributed by atoms with Gasteiger partial charge in [0.15, 0.2) is 17.4 Å². The second-order valence-corrected chi connectivity index (χ2v) is 7.35. The zero-order chi connectivity index (χ0) is 19.9. The number of hydrogen-bond acceptors (Lipinski definition) is 6. The number of amides is 1. The molecular formula is C20H19FN4O3. The average molecular weight is 382 g/mol. The molecule has 1 saturated heterocycles. The fourth-order valence-electron chi connectivity index (χ4n) is 3.35. The van der Waals surface area contributed by atoms with E-state index in [4.69, 9.17) is 4.74 Å². The minimum atomic E-state index is -0.741. The molecule has 1 aromatic heterocycles. The summed E-state index contributed by atoms with van der Waals surface area (Å²) in [6.07, 6.45) is 2.97. The van der Waals surface area contributed by atoms with Crippen LogP contribution in [0.5, 0.6) is 11.6 Å². The first kappa shape index (κ1) is 18.1. The molecule has 2 aliphatic rings. The lowest BCUT2D eigenvalue weighted by atomic mass is 9.83. The topological polar surface area (TPSA) is 87.9 Å². The monoisotopic (exact) mass is 382 g/mol. The van der Waals surface area contributed by atoms with Gasteiger partial charge in [0.1, 0.15) is 0 Å². The number of aliphatic imine (C=N–C) groups is 1. The van der Waals surface area contributed by atoms with Crippen LogP contribution in [-0.4, -0.2) is 51.8 Å². The zero-order valence-electron chi connectivity index (χ0n) is 15.4. The molecule has 2 aliphatic heterocycles. The molecule has 0 bridgehead atoms. The van der Waals surface area contributed by atoms with E-state index in [1.165, 1.54) is 18.2 Å². The highest BCUT2D eigenvalue weighted by molar-refractivity contribution is 5.88. The minimum Gasteiger partial charge on any atom is -0.505 e. The second kappa shape index (κ2) is 6.70. The summed E-state index contributed by atoms with van der Waals surface area (Å²) >= 11 is 0. The maximum absolute atomic E-state index is 13.7. The lowest BCUT2D eigenvalue weighted by molar-refractivity contribution is -0.138. The number of phenols is 1. The highest BCUT2D eigenvalue weighted by Crippen LogP contribution is 2.33. The number of halogens is 1. The van der Waals surface area contributed by atoms with Gasteiger partial charge in [-0.1, -0.05) is 13.5 Å². The van der Waals surface area contributed by atoms with E-state index in [2.05, 4.69) is 21.5 Å². The molecule has 0 saturated carbocycles. The van der Waals surface area contributed by atoms with Crippen LogP contribution < -0.4 is 4.74 Å². The Morgan fingerprint density at radius 2 is 2.21 bits per heavy atom. The largest absolute Gasteiger partial charge is 0.505 e. The molecule has 28 heavy (non-hydrogen) atoms. The third-order valence-electron chi connectivity index (χ3n) is 4.85. The molecule has 0 unspecified atom stereocenters. The molecule has 1 amide bonds. The van der Waals surface area contributed by atoms with Gasteiger partial charge in [0.25, 0.3) is 0 Å². The van der Waals surface area contributed by atoms with E-state index in [1.54, 1.807) is 17.2 Å². The van der Waals surface area contributed by atoms with Crippen molar-refractivity contribution in [1.29, 1.82) is 0 Å². The van der Waals surface area contributed by atoms with Crippen molar-refractivity contribution in [2.75, 3.05) is 19.7 Å². The van der Waals surface area contributed by atoms with Crippen molar-refractivity contribution in [3.05, 3.63) is 47.9 Å². The number of hydrogen-bond donors (Lipinski definition) is 1. The van der Waals surface area contributed by atoms with Gasteiger partial charge in [0.2, 0.25) is 11.8 Å². The van der Waals surface area contributed by atoms with Crippen LogP contribution in [-0.2, 0) is 11.3 Å². The Morgan fingerprint density at radius 3 is 2.93 bits per heavy atom. The zero-order valence-corrected chi connectivity index (χ0v) is 15.4. The number of ether oxygens (including phenoxy) is 1. The number of nitrogens with zero attached hydrogens (tertiary/aromatic N) is 4. The third-order valence-corrected chi connectivity index (χ3v) is 4.85. The molecule has 1 fully saturated rings. The molecule has 0 spiro atoms. The van der Waals surface area contributed by atoms with Crippen molar-refractivity contribution in [2.45, 2.75) is 13.5 Å². The van der Waals surface area contributed by atoms with E-state index in [0.29, 0.717) is 54.8 Å². The summed E-state index contributed by atoms with van der Waals surface area (Å²) < 4.78 is 19.7. The Kier molecular flexibility index (Phi) is 4.33. The molecule has 0 radical (unpaired) electrons. The van der Waals surface area contributed by atoms with Gasteiger partial charge in [0.05, 0.1) is 24.4 Å². The van der Waals surface area contributed by atoms with E-state index in [9.17, 15) is 14.3 Å². The maximum Gasteiger partial charge on any atom is 0.245 e. The molecule has 1 N–H and O–H groups in total. The van der Waals surface area contributed by atoms with Crippen molar-refractivity contribution in [2.24, 2.45) is 10.4 Å². The number of aromatic hydroxyl groups is 1. The van der Waals surface area contributed by atoms with Crippen molar-refractivity contribution in [3.8, 4) is 23.0 Å². The standard InChI is InChI=1S/C20H19FN4O3/c1-3-17(27)25-9-20(2,10-25)11-28-19-13-7-22-8-15(13)23-18(24-19)12-4-5-16(26)14(21)6-12/h3-7,26H,1,8-11H2,2H3. The van der Waals surface area contributed by atoms with Gasteiger partial charge in [-0.3, -0.25) is 9.79 Å². The van der Waals surface area contributed by atoms with Gasteiger partial charge < -0.3 is 14.7 Å². The van der Waals surface area contributed by atoms with Gasteiger partial charge in [0, 0.05) is 30.3 Å². The molecule has 1 aromatic carbocycles. The molecule has 2 aromatic rings. The highest BCUT2D eigenvalue weighted by Gasteiger charge is 2.41. The number of carbonyl (C=O) groups excluding carboxylic acids is 1. The van der Waals surface area contributed by atoms with Crippen LogP contribution in [0.15, 0.2) is 35.8 Å². The quantitative estimate of drug-likeness (QED) is 0.802. The minimum absolute atomic E-state index is 0.0934. The fraction of sp³-hybridized carbons (Fsp3) is 0.300. The van der Waals surface area contributed by atoms with E-state index >= 15 is 0 Å². The Hall–Kier alpha value is -3.29. The highest BCUT2D eigenvalue weighted by atomic mass is 19.1. The number of fused-ring (bicyclic) bond motifs is 1. The summed E-state index contributed by atoms with van der Waals surface area (Å²) in [5, 5.41) is 9.39. The lowest BCUT2D eigenvalue weighted by Gasteiger charge is -2.47. The van der Waals surface area contributed by atoms with Crippen LogP contribution in [0.4, 0.5) is 4.39 Å².